The van der Waals surface area contributed by atoms with Crippen LogP contribution in [0.5, 0.6) is 0 Å². The fourth-order valence-corrected chi connectivity index (χ4v) is 2.26. The van der Waals surface area contributed by atoms with Crippen LogP contribution in [0.3, 0.4) is 0 Å². The van der Waals surface area contributed by atoms with E-state index in [1.807, 2.05) is 6.07 Å². The van der Waals surface area contributed by atoms with E-state index in [2.05, 4.69) is 5.32 Å². The second kappa shape index (κ2) is 8.10. The average Bonchev–Trinajstić information content (AvgIpc) is 2.62. The first-order chi connectivity index (χ1) is 12.6. The quantitative estimate of drug-likeness (QED) is 0.776. The van der Waals surface area contributed by atoms with Crippen LogP contribution in [0.4, 0.5) is 18.9 Å². The van der Waals surface area contributed by atoms with Crippen LogP contribution in [0.2, 0.25) is 5.02 Å². The fourth-order valence-electron chi connectivity index (χ4n) is 2.09. The highest BCUT2D eigenvalue weighted by molar-refractivity contribution is 6.30. The lowest BCUT2D eigenvalue weighted by Gasteiger charge is -2.17. The van der Waals surface area contributed by atoms with E-state index in [9.17, 15) is 22.8 Å². The second-order valence-corrected chi connectivity index (χ2v) is 5.85. The number of benzene rings is 2. The van der Waals surface area contributed by atoms with Crippen molar-refractivity contribution in [1.29, 1.82) is 5.26 Å². The molecule has 140 valence electrons. The van der Waals surface area contributed by atoms with Gasteiger partial charge in [0.1, 0.15) is 0 Å². The molecule has 0 bridgehead atoms. The molecule has 0 heterocycles. The Kier molecular flexibility index (Phi) is 6.08. The minimum absolute atomic E-state index is 0.0381. The third-order valence-corrected chi connectivity index (χ3v) is 3.66. The highest BCUT2D eigenvalue weighted by Gasteiger charge is 2.34. The summed E-state index contributed by atoms with van der Waals surface area (Å²) in [6.07, 6.45) is -6.11. The zero-order valence-electron chi connectivity index (χ0n) is 13.8. The standard InChI is InChI=1S/C18H12ClF3N2O3/c1-10(27-17(26)12-4-2-3-11(7-12)9-23)16(25)24-15-6-5-13(19)8-14(15)18(20,21)22/h2-8,10H,1H3,(H,24,25)/t10-/m0/s1. The van der Waals surface area contributed by atoms with Crippen molar-refractivity contribution in [3.63, 3.8) is 0 Å². The Bertz CT molecular complexity index is 923. The fraction of sp³-hybridized carbons (Fsp3) is 0.167. The van der Waals surface area contributed by atoms with Crippen LogP contribution >= 0.6 is 11.6 Å². The first kappa shape index (κ1) is 20.3. The number of hydrogen-bond acceptors (Lipinski definition) is 4. The summed E-state index contributed by atoms with van der Waals surface area (Å²) in [5, 5.41) is 10.8. The lowest BCUT2D eigenvalue weighted by atomic mass is 10.1. The molecule has 9 heteroatoms. The number of amides is 1. The van der Waals surface area contributed by atoms with Gasteiger partial charge in [0, 0.05) is 5.02 Å². The smallest absolute Gasteiger partial charge is 0.418 e. The summed E-state index contributed by atoms with van der Waals surface area (Å²) in [5.74, 6) is -1.84. The molecule has 0 aliphatic rings. The van der Waals surface area contributed by atoms with Gasteiger partial charge in [-0.25, -0.2) is 4.79 Å². The predicted octanol–water partition coefficient (Wildman–Crippen LogP) is 4.41. The summed E-state index contributed by atoms with van der Waals surface area (Å²) in [6, 6.07) is 10.3. The van der Waals surface area contributed by atoms with Crippen molar-refractivity contribution in [2.75, 3.05) is 5.32 Å². The molecule has 0 radical (unpaired) electrons. The molecule has 0 aliphatic heterocycles. The topological polar surface area (TPSA) is 79.2 Å². The number of halogens is 4. The van der Waals surface area contributed by atoms with Crippen molar-refractivity contribution in [1.82, 2.24) is 0 Å². The maximum absolute atomic E-state index is 13.1. The van der Waals surface area contributed by atoms with Crippen molar-refractivity contribution in [3.05, 3.63) is 64.2 Å². The van der Waals surface area contributed by atoms with Crippen molar-refractivity contribution < 1.29 is 27.5 Å². The summed E-state index contributed by atoms with van der Waals surface area (Å²) in [7, 11) is 0. The van der Waals surface area contributed by atoms with Gasteiger partial charge in [0.05, 0.1) is 28.4 Å². The molecule has 2 aromatic carbocycles. The molecule has 5 nitrogen and oxygen atoms in total. The van der Waals surface area contributed by atoms with Crippen molar-refractivity contribution in [2.45, 2.75) is 19.2 Å². The van der Waals surface area contributed by atoms with E-state index in [0.29, 0.717) is 6.07 Å². The van der Waals surface area contributed by atoms with Crippen LogP contribution in [-0.2, 0) is 15.7 Å². The van der Waals surface area contributed by atoms with Gasteiger partial charge in [0.15, 0.2) is 6.10 Å². The van der Waals surface area contributed by atoms with E-state index in [4.69, 9.17) is 21.6 Å². The molecule has 0 spiro atoms. The highest BCUT2D eigenvalue weighted by Crippen LogP contribution is 2.36. The van der Waals surface area contributed by atoms with Crippen LogP contribution in [0, 0.1) is 11.3 Å². The third-order valence-electron chi connectivity index (χ3n) is 3.43. The number of rotatable bonds is 4. The van der Waals surface area contributed by atoms with Crippen molar-refractivity contribution >= 4 is 29.2 Å². The Morgan fingerprint density at radius 2 is 1.93 bits per heavy atom. The van der Waals surface area contributed by atoms with Crippen molar-refractivity contribution in [3.8, 4) is 6.07 Å². The molecule has 0 fully saturated rings. The van der Waals surface area contributed by atoms with Gasteiger partial charge in [0.25, 0.3) is 5.91 Å². The maximum Gasteiger partial charge on any atom is 0.418 e. The van der Waals surface area contributed by atoms with Gasteiger partial charge in [-0.05, 0) is 43.3 Å². The van der Waals surface area contributed by atoms with Crippen LogP contribution in [0.25, 0.3) is 0 Å². The Labute approximate surface area is 157 Å². The van der Waals surface area contributed by atoms with Gasteiger partial charge in [-0.3, -0.25) is 4.79 Å². The molecule has 1 atom stereocenters. The van der Waals surface area contributed by atoms with E-state index in [0.717, 1.165) is 6.07 Å². The number of esters is 1. The number of nitrogens with zero attached hydrogens (tertiary/aromatic N) is 1. The average molecular weight is 397 g/mol. The zero-order valence-corrected chi connectivity index (χ0v) is 14.6. The molecule has 0 unspecified atom stereocenters. The number of carbonyl (C=O) groups excluding carboxylic acids is 2. The van der Waals surface area contributed by atoms with Gasteiger partial charge in [-0.2, -0.15) is 18.4 Å². The van der Waals surface area contributed by atoms with Gasteiger partial charge < -0.3 is 10.1 Å². The Morgan fingerprint density at radius 1 is 1.22 bits per heavy atom. The van der Waals surface area contributed by atoms with Crippen LogP contribution in [0.1, 0.15) is 28.4 Å². The molecule has 0 saturated heterocycles. The molecule has 0 aromatic heterocycles. The number of anilines is 1. The van der Waals surface area contributed by atoms with Crippen LogP contribution in [0.15, 0.2) is 42.5 Å². The summed E-state index contributed by atoms with van der Waals surface area (Å²) in [4.78, 5) is 24.2. The predicted molar refractivity (Wildman–Crippen MR) is 91.1 cm³/mol. The number of carbonyl (C=O) groups is 2. The number of nitrogens with one attached hydrogen (secondary N) is 1. The van der Waals surface area contributed by atoms with Gasteiger partial charge in [0.2, 0.25) is 0 Å². The van der Waals surface area contributed by atoms with E-state index in [1.54, 1.807) is 0 Å². The monoisotopic (exact) mass is 396 g/mol. The Morgan fingerprint density at radius 3 is 2.56 bits per heavy atom. The molecule has 27 heavy (non-hydrogen) atoms. The number of hydrogen-bond donors (Lipinski definition) is 1. The largest absolute Gasteiger partial charge is 0.449 e. The summed E-state index contributed by atoms with van der Waals surface area (Å²) < 4.78 is 44.1. The first-order valence-electron chi connectivity index (χ1n) is 7.50. The number of nitriles is 1. The highest BCUT2D eigenvalue weighted by atomic mass is 35.5. The lowest BCUT2D eigenvalue weighted by molar-refractivity contribution is -0.137. The van der Waals surface area contributed by atoms with E-state index >= 15 is 0 Å². The Hall–Kier alpha value is -3.05. The maximum atomic E-state index is 13.1. The normalized spacial score (nSPS) is 12.0. The zero-order chi connectivity index (χ0) is 20.2. The molecule has 1 N–H and O–H groups in total. The number of ether oxygens (including phenoxy) is 1. The SMILES string of the molecule is C[C@H](OC(=O)c1cccc(C#N)c1)C(=O)Nc1ccc(Cl)cc1C(F)(F)F. The van der Waals surface area contributed by atoms with Crippen LogP contribution < -0.4 is 5.32 Å². The first-order valence-corrected chi connectivity index (χ1v) is 7.88. The number of alkyl halides is 3. The minimum atomic E-state index is -4.73. The second-order valence-electron chi connectivity index (χ2n) is 5.42. The van der Waals surface area contributed by atoms with Crippen LogP contribution in [-0.4, -0.2) is 18.0 Å². The van der Waals surface area contributed by atoms with E-state index in [-0.39, 0.29) is 16.1 Å². The molecular formula is C18H12ClF3N2O3. The van der Waals surface area contributed by atoms with E-state index < -0.39 is 35.4 Å². The summed E-state index contributed by atoms with van der Waals surface area (Å²) >= 11 is 5.58. The van der Waals surface area contributed by atoms with Gasteiger partial charge >= 0.3 is 12.1 Å². The summed E-state index contributed by atoms with van der Waals surface area (Å²) in [6.45, 7) is 1.21. The molecule has 1 amide bonds. The third kappa shape index (κ3) is 5.21. The van der Waals surface area contributed by atoms with Crippen molar-refractivity contribution in [2.24, 2.45) is 0 Å². The molecular weight excluding hydrogens is 385 g/mol. The molecule has 2 aromatic rings. The molecule has 0 saturated carbocycles. The lowest BCUT2D eigenvalue weighted by Crippen LogP contribution is -2.30. The molecule has 2 rings (SSSR count). The van der Waals surface area contributed by atoms with E-state index in [1.165, 1.54) is 37.3 Å². The molecule has 0 aliphatic carbocycles. The minimum Gasteiger partial charge on any atom is -0.449 e. The van der Waals surface area contributed by atoms with Gasteiger partial charge in [-0.15, -0.1) is 0 Å². The summed E-state index contributed by atoms with van der Waals surface area (Å²) in [5.41, 5.74) is -1.37. The van der Waals surface area contributed by atoms with Gasteiger partial charge in [-0.1, -0.05) is 17.7 Å². The Balaban J connectivity index is 2.12.